The molecule has 2 fully saturated rings. The number of rotatable bonds is 6. The van der Waals surface area contributed by atoms with E-state index in [4.69, 9.17) is 21.1 Å². The van der Waals surface area contributed by atoms with Crippen molar-refractivity contribution in [2.24, 2.45) is 0 Å². The van der Waals surface area contributed by atoms with Crippen molar-refractivity contribution in [3.8, 4) is 11.5 Å². The van der Waals surface area contributed by atoms with Gasteiger partial charge in [0.1, 0.15) is 12.6 Å². The third-order valence-electron chi connectivity index (χ3n) is 6.49. The lowest BCUT2D eigenvalue weighted by atomic mass is 9.91. The third-order valence-corrected chi connectivity index (χ3v) is 6.86. The lowest BCUT2D eigenvalue weighted by Crippen LogP contribution is -2.58. The molecule has 0 radical (unpaired) electrons. The van der Waals surface area contributed by atoms with Crippen molar-refractivity contribution in [3.63, 3.8) is 0 Å². The molecule has 0 N–H and O–H groups in total. The van der Waals surface area contributed by atoms with Crippen LogP contribution >= 0.6 is 11.6 Å². The van der Waals surface area contributed by atoms with Gasteiger partial charge in [-0.25, -0.2) is 0 Å². The van der Waals surface area contributed by atoms with Gasteiger partial charge in [0.05, 0.1) is 14.2 Å². The highest BCUT2D eigenvalue weighted by Gasteiger charge is 2.43. The summed E-state index contributed by atoms with van der Waals surface area (Å²) in [5, 5.41) is 0.577. The number of ether oxygens (including phenoxy) is 2. The van der Waals surface area contributed by atoms with E-state index in [9.17, 15) is 9.59 Å². The summed E-state index contributed by atoms with van der Waals surface area (Å²) in [5.41, 5.74) is 1.51. The summed E-state index contributed by atoms with van der Waals surface area (Å²) >= 11 is 6.39. The van der Waals surface area contributed by atoms with E-state index >= 15 is 0 Å². The first-order valence-electron chi connectivity index (χ1n) is 11.1. The molecule has 0 unspecified atom stereocenters. The first-order chi connectivity index (χ1) is 15.5. The zero-order valence-corrected chi connectivity index (χ0v) is 19.3. The van der Waals surface area contributed by atoms with E-state index in [1.807, 2.05) is 24.3 Å². The van der Waals surface area contributed by atoms with Crippen LogP contribution in [-0.2, 0) is 16.1 Å². The van der Waals surface area contributed by atoms with Gasteiger partial charge in [-0.05, 0) is 42.2 Å². The Morgan fingerprint density at radius 2 is 1.69 bits per heavy atom. The van der Waals surface area contributed by atoms with Gasteiger partial charge in [0, 0.05) is 17.6 Å². The van der Waals surface area contributed by atoms with Crippen LogP contribution in [0, 0.1) is 0 Å². The summed E-state index contributed by atoms with van der Waals surface area (Å²) in [7, 11) is 3.13. The summed E-state index contributed by atoms with van der Waals surface area (Å²) in [5.74, 6) is 0.982. The van der Waals surface area contributed by atoms with Crippen LogP contribution in [0.2, 0.25) is 5.02 Å². The number of nitrogens with zero attached hydrogens (tertiary/aromatic N) is 2. The first-order valence-corrected chi connectivity index (χ1v) is 11.5. The maximum atomic E-state index is 13.8. The molecule has 32 heavy (non-hydrogen) atoms. The van der Waals surface area contributed by atoms with Crippen molar-refractivity contribution >= 4 is 23.4 Å². The van der Waals surface area contributed by atoms with Gasteiger partial charge >= 0.3 is 0 Å². The molecule has 2 aromatic rings. The molecule has 1 saturated carbocycles. The fourth-order valence-corrected chi connectivity index (χ4v) is 4.98. The van der Waals surface area contributed by atoms with E-state index in [2.05, 4.69) is 0 Å². The second-order valence-electron chi connectivity index (χ2n) is 8.39. The van der Waals surface area contributed by atoms with Crippen molar-refractivity contribution in [2.45, 2.75) is 50.7 Å². The largest absolute Gasteiger partial charge is 0.493 e. The van der Waals surface area contributed by atoms with E-state index in [0.717, 1.165) is 31.2 Å². The van der Waals surface area contributed by atoms with Crippen molar-refractivity contribution in [1.29, 1.82) is 0 Å². The van der Waals surface area contributed by atoms with Gasteiger partial charge in [0.15, 0.2) is 11.5 Å². The van der Waals surface area contributed by atoms with Crippen molar-refractivity contribution in [1.82, 2.24) is 9.80 Å². The number of benzene rings is 2. The number of halogens is 1. The molecule has 7 heteroatoms. The molecule has 1 atom stereocenters. The molecular weight excluding hydrogens is 428 g/mol. The summed E-state index contributed by atoms with van der Waals surface area (Å²) in [4.78, 5) is 30.7. The smallest absolute Gasteiger partial charge is 0.250 e. The maximum Gasteiger partial charge on any atom is 0.250 e. The molecule has 2 amide bonds. The molecule has 2 aliphatic rings. The molecule has 170 valence electrons. The average Bonchev–Trinajstić information content (AvgIpc) is 2.82. The lowest BCUT2D eigenvalue weighted by Gasteiger charge is -2.44. The summed E-state index contributed by atoms with van der Waals surface area (Å²) in [6, 6.07) is 12.2. The molecule has 1 heterocycles. The first kappa shape index (κ1) is 22.5. The van der Waals surface area contributed by atoms with Gasteiger partial charge in [0.2, 0.25) is 5.91 Å². The lowest BCUT2D eigenvalue weighted by molar-refractivity contribution is -0.160. The number of methoxy groups -OCH3 is 2. The highest BCUT2D eigenvalue weighted by molar-refractivity contribution is 6.31. The standard InChI is InChI=1S/C25H29ClN2O4/c1-31-21-13-12-17(14-22(21)32-2)24-25(30)27(19-9-4-3-5-10-19)16-23(29)28(24)15-18-8-6-7-11-20(18)26/h6-8,11-14,19,24H,3-5,9-10,15-16H2,1-2H3/t24-/m0/s1. The zero-order valence-electron chi connectivity index (χ0n) is 18.6. The number of carbonyl (C=O) groups is 2. The molecular formula is C25H29ClN2O4. The highest BCUT2D eigenvalue weighted by atomic mass is 35.5. The summed E-state index contributed by atoms with van der Waals surface area (Å²) in [6.07, 6.45) is 5.26. The Labute approximate surface area is 194 Å². The molecule has 1 aliphatic heterocycles. The number of amides is 2. The number of hydrogen-bond donors (Lipinski definition) is 0. The predicted octanol–water partition coefficient (Wildman–Crippen LogP) is 4.60. The van der Waals surface area contributed by atoms with E-state index in [1.165, 1.54) is 6.42 Å². The third kappa shape index (κ3) is 4.42. The van der Waals surface area contributed by atoms with Crippen LogP contribution in [-0.4, -0.2) is 48.4 Å². The van der Waals surface area contributed by atoms with Gasteiger partial charge in [-0.3, -0.25) is 9.59 Å². The second kappa shape index (κ2) is 9.82. The topological polar surface area (TPSA) is 59.1 Å². The van der Waals surface area contributed by atoms with Crippen LogP contribution < -0.4 is 9.47 Å². The van der Waals surface area contributed by atoms with Crippen LogP contribution in [0.15, 0.2) is 42.5 Å². The van der Waals surface area contributed by atoms with Crippen LogP contribution in [0.1, 0.15) is 49.3 Å². The fourth-order valence-electron chi connectivity index (χ4n) is 4.79. The molecule has 1 saturated heterocycles. The molecule has 6 nitrogen and oxygen atoms in total. The molecule has 1 aliphatic carbocycles. The number of piperazine rings is 1. The van der Waals surface area contributed by atoms with Crippen LogP contribution in [0.25, 0.3) is 0 Å². The Balaban J connectivity index is 1.73. The van der Waals surface area contributed by atoms with Gasteiger partial charge in [-0.2, -0.15) is 0 Å². The Morgan fingerprint density at radius 1 is 0.969 bits per heavy atom. The van der Waals surface area contributed by atoms with Crippen LogP contribution in [0.3, 0.4) is 0 Å². The van der Waals surface area contributed by atoms with Crippen molar-refractivity contribution < 1.29 is 19.1 Å². The summed E-state index contributed by atoms with van der Waals surface area (Å²) < 4.78 is 10.8. The minimum Gasteiger partial charge on any atom is -0.493 e. The number of carbonyl (C=O) groups excluding carboxylic acids is 2. The van der Waals surface area contributed by atoms with Crippen molar-refractivity contribution in [3.05, 3.63) is 58.6 Å². The Bertz CT molecular complexity index is 990. The van der Waals surface area contributed by atoms with Crippen LogP contribution in [0.5, 0.6) is 11.5 Å². The second-order valence-corrected chi connectivity index (χ2v) is 8.80. The quantitative estimate of drug-likeness (QED) is 0.637. The molecule has 4 rings (SSSR count). The van der Waals surface area contributed by atoms with E-state index in [0.29, 0.717) is 22.1 Å². The van der Waals surface area contributed by atoms with Crippen molar-refractivity contribution in [2.75, 3.05) is 20.8 Å². The monoisotopic (exact) mass is 456 g/mol. The van der Waals surface area contributed by atoms with E-state index < -0.39 is 6.04 Å². The average molecular weight is 457 g/mol. The molecule has 0 bridgehead atoms. The molecule has 0 spiro atoms. The zero-order chi connectivity index (χ0) is 22.7. The van der Waals surface area contributed by atoms with Gasteiger partial charge < -0.3 is 19.3 Å². The normalized spacial score (nSPS) is 19.9. The predicted molar refractivity (Wildman–Crippen MR) is 123 cm³/mol. The number of hydrogen-bond acceptors (Lipinski definition) is 4. The Hall–Kier alpha value is -2.73. The fraction of sp³-hybridized carbons (Fsp3) is 0.440. The van der Waals surface area contributed by atoms with Crippen LogP contribution in [0.4, 0.5) is 0 Å². The molecule has 0 aromatic heterocycles. The van der Waals surface area contributed by atoms with E-state index in [-0.39, 0.29) is 30.9 Å². The van der Waals surface area contributed by atoms with Gasteiger partial charge in [-0.15, -0.1) is 0 Å². The minimum absolute atomic E-state index is 0.0456. The minimum atomic E-state index is -0.741. The SMILES string of the molecule is COc1ccc([C@H]2C(=O)N(C3CCCCC3)CC(=O)N2Cc2ccccc2Cl)cc1OC. The Morgan fingerprint density at radius 3 is 2.38 bits per heavy atom. The highest BCUT2D eigenvalue weighted by Crippen LogP contribution is 2.37. The van der Waals surface area contributed by atoms with Gasteiger partial charge in [-0.1, -0.05) is 55.1 Å². The maximum absolute atomic E-state index is 13.8. The summed E-state index contributed by atoms with van der Waals surface area (Å²) in [6.45, 7) is 0.375. The van der Waals surface area contributed by atoms with E-state index in [1.54, 1.807) is 42.2 Å². The Kier molecular flexibility index (Phi) is 6.89. The van der Waals surface area contributed by atoms with Gasteiger partial charge in [0.25, 0.3) is 5.91 Å². The molecule has 2 aromatic carbocycles.